The number of rotatable bonds is 7. The van der Waals surface area contributed by atoms with Gasteiger partial charge in [0.1, 0.15) is 6.04 Å². The molecule has 1 rings (SSSR count). The van der Waals surface area contributed by atoms with E-state index in [0.717, 1.165) is 12.0 Å². The van der Waals surface area contributed by atoms with E-state index in [1.165, 1.54) is 0 Å². The Morgan fingerprint density at radius 3 is 2.42 bits per heavy atom. The van der Waals surface area contributed by atoms with Crippen LogP contribution in [0, 0.1) is 0 Å². The molecule has 0 aromatic heterocycles. The lowest BCUT2D eigenvalue weighted by atomic mass is 10.0. The maximum absolute atomic E-state index is 10.9. The SMILES string of the molecule is CCC(NC(C)C(=O)O)c1ccc(OC)c(OC)c1. The van der Waals surface area contributed by atoms with Crippen LogP contribution in [0.4, 0.5) is 0 Å². The molecule has 0 saturated carbocycles. The van der Waals surface area contributed by atoms with Gasteiger partial charge in [-0.1, -0.05) is 13.0 Å². The number of carbonyl (C=O) groups is 1. The Bertz CT molecular complexity index is 433. The first-order valence-electron chi connectivity index (χ1n) is 6.24. The molecule has 2 N–H and O–H groups in total. The van der Waals surface area contributed by atoms with Gasteiger partial charge in [-0.05, 0) is 31.0 Å². The molecule has 0 heterocycles. The number of aliphatic carboxylic acids is 1. The summed E-state index contributed by atoms with van der Waals surface area (Å²) in [5.74, 6) is 0.439. The van der Waals surface area contributed by atoms with E-state index in [-0.39, 0.29) is 6.04 Å². The van der Waals surface area contributed by atoms with Gasteiger partial charge in [0.25, 0.3) is 0 Å². The summed E-state index contributed by atoms with van der Waals surface area (Å²) >= 11 is 0. The minimum absolute atomic E-state index is 0.0362. The third-order valence-corrected chi connectivity index (χ3v) is 3.04. The van der Waals surface area contributed by atoms with E-state index >= 15 is 0 Å². The summed E-state index contributed by atoms with van der Waals surface area (Å²) in [6, 6.07) is 4.97. The second kappa shape index (κ2) is 6.99. The Hall–Kier alpha value is -1.75. The molecule has 2 atom stereocenters. The van der Waals surface area contributed by atoms with E-state index in [9.17, 15) is 4.79 Å². The highest BCUT2D eigenvalue weighted by Gasteiger charge is 2.18. The van der Waals surface area contributed by atoms with Crippen LogP contribution in [0.15, 0.2) is 18.2 Å². The van der Waals surface area contributed by atoms with E-state index in [0.29, 0.717) is 11.5 Å². The van der Waals surface area contributed by atoms with Crippen LogP contribution in [0.2, 0.25) is 0 Å². The van der Waals surface area contributed by atoms with Crippen molar-refractivity contribution in [2.24, 2.45) is 0 Å². The molecule has 0 aliphatic rings. The van der Waals surface area contributed by atoms with Crippen molar-refractivity contribution in [2.75, 3.05) is 14.2 Å². The van der Waals surface area contributed by atoms with Gasteiger partial charge in [0.2, 0.25) is 0 Å². The molecule has 0 spiro atoms. The fourth-order valence-corrected chi connectivity index (χ4v) is 1.89. The van der Waals surface area contributed by atoms with Crippen molar-refractivity contribution in [3.63, 3.8) is 0 Å². The van der Waals surface area contributed by atoms with Crippen molar-refractivity contribution in [2.45, 2.75) is 32.4 Å². The second-order valence-electron chi connectivity index (χ2n) is 4.30. The van der Waals surface area contributed by atoms with E-state index in [4.69, 9.17) is 14.6 Å². The van der Waals surface area contributed by atoms with E-state index in [1.807, 2.05) is 25.1 Å². The van der Waals surface area contributed by atoms with Crippen LogP contribution >= 0.6 is 0 Å². The number of methoxy groups -OCH3 is 2. The molecule has 0 radical (unpaired) electrons. The predicted molar refractivity (Wildman–Crippen MR) is 72.8 cm³/mol. The van der Waals surface area contributed by atoms with E-state index < -0.39 is 12.0 Å². The monoisotopic (exact) mass is 267 g/mol. The summed E-state index contributed by atoms with van der Waals surface area (Å²) in [5.41, 5.74) is 0.980. The first kappa shape index (κ1) is 15.3. The highest BCUT2D eigenvalue weighted by atomic mass is 16.5. The standard InChI is InChI=1S/C14H21NO4/c1-5-11(15-9(2)14(16)17)10-6-7-12(18-3)13(8-10)19-4/h6-9,11,15H,5H2,1-4H3,(H,16,17). The fourth-order valence-electron chi connectivity index (χ4n) is 1.89. The highest BCUT2D eigenvalue weighted by Crippen LogP contribution is 2.30. The Labute approximate surface area is 113 Å². The van der Waals surface area contributed by atoms with Gasteiger partial charge >= 0.3 is 5.97 Å². The first-order chi connectivity index (χ1) is 9.03. The van der Waals surface area contributed by atoms with Crippen LogP contribution in [0.25, 0.3) is 0 Å². The average Bonchev–Trinajstić information content (AvgIpc) is 2.43. The molecule has 5 nitrogen and oxygen atoms in total. The summed E-state index contributed by atoms with van der Waals surface area (Å²) in [6.07, 6.45) is 0.785. The molecule has 19 heavy (non-hydrogen) atoms. The van der Waals surface area contributed by atoms with Gasteiger partial charge in [-0.25, -0.2) is 0 Å². The van der Waals surface area contributed by atoms with E-state index in [1.54, 1.807) is 21.1 Å². The van der Waals surface area contributed by atoms with Crippen LogP contribution in [-0.4, -0.2) is 31.3 Å². The van der Waals surface area contributed by atoms with Gasteiger partial charge in [0.15, 0.2) is 11.5 Å². The minimum atomic E-state index is -0.862. The molecule has 0 bridgehead atoms. The second-order valence-corrected chi connectivity index (χ2v) is 4.30. The number of benzene rings is 1. The molecule has 0 saturated heterocycles. The Kier molecular flexibility index (Phi) is 5.63. The third kappa shape index (κ3) is 3.86. The summed E-state index contributed by atoms with van der Waals surface area (Å²) in [7, 11) is 3.16. The lowest BCUT2D eigenvalue weighted by Gasteiger charge is -2.21. The predicted octanol–water partition coefficient (Wildman–Crippen LogP) is 2.22. The van der Waals surface area contributed by atoms with E-state index in [2.05, 4.69) is 5.32 Å². The number of carboxylic acids is 1. The van der Waals surface area contributed by atoms with Crippen LogP contribution in [0.3, 0.4) is 0 Å². The maximum atomic E-state index is 10.9. The normalized spacial score (nSPS) is 13.7. The van der Waals surface area contributed by atoms with Crippen molar-refractivity contribution in [3.8, 4) is 11.5 Å². The summed E-state index contributed by atoms with van der Waals surface area (Å²) < 4.78 is 10.4. The summed E-state index contributed by atoms with van der Waals surface area (Å²) in [5, 5.41) is 12.0. The zero-order valence-corrected chi connectivity index (χ0v) is 11.8. The molecule has 1 aromatic rings. The topological polar surface area (TPSA) is 67.8 Å². The molecule has 5 heteroatoms. The first-order valence-corrected chi connectivity index (χ1v) is 6.24. The molecule has 2 unspecified atom stereocenters. The molecule has 0 aliphatic carbocycles. The smallest absolute Gasteiger partial charge is 0.320 e. The summed E-state index contributed by atoms with van der Waals surface area (Å²) in [6.45, 7) is 3.63. The molecule has 0 amide bonds. The molecular formula is C14H21NO4. The van der Waals surface area contributed by atoms with Crippen molar-refractivity contribution < 1.29 is 19.4 Å². The Balaban J connectivity index is 2.95. The van der Waals surface area contributed by atoms with Gasteiger partial charge in [-0.2, -0.15) is 0 Å². The molecule has 106 valence electrons. The van der Waals surface area contributed by atoms with Crippen molar-refractivity contribution >= 4 is 5.97 Å². The zero-order valence-electron chi connectivity index (χ0n) is 11.8. The average molecular weight is 267 g/mol. The highest BCUT2D eigenvalue weighted by molar-refractivity contribution is 5.72. The van der Waals surface area contributed by atoms with Gasteiger partial charge in [0.05, 0.1) is 14.2 Å². The lowest BCUT2D eigenvalue weighted by molar-refractivity contribution is -0.139. The van der Waals surface area contributed by atoms with Gasteiger partial charge in [-0.3, -0.25) is 10.1 Å². The largest absolute Gasteiger partial charge is 0.493 e. The lowest BCUT2D eigenvalue weighted by Crippen LogP contribution is -2.36. The van der Waals surface area contributed by atoms with Crippen molar-refractivity contribution in [1.82, 2.24) is 5.32 Å². The number of carboxylic acid groups (broad SMARTS) is 1. The quantitative estimate of drug-likeness (QED) is 0.793. The fraction of sp³-hybridized carbons (Fsp3) is 0.500. The number of hydrogen-bond acceptors (Lipinski definition) is 4. The molecule has 1 aromatic carbocycles. The van der Waals surface area contributed by atoms with Gasteiger partial charge in [0, 0.05) is 6.04 Å². The Morgan fingerprint density at radius 2 is 1.95 bits per heavy atom. The third-order valence-electron chi connectivity index (χ3n) is 3.04. The molecular weight excluding hydrogens is 246 g/mol. The number of ether oxygens (including phenoxy) is 2. The number of nitrogens with one attached hydrogen (secondary N) is 1. The van der Waals surface area contributed by atoms with Crippen molar-refractivity contribution in [1.29, 1.82) is 0 Å². The van der Waals surface area contributed by atoms with Gasteiger partial charge in [-0.15, -0.1) is 0 Å². The van der Waals surface area contributed by atoms with Crippen LogP contribution < -0.4 is 14.8 Å². The Morgan fingerprint density at radius 1 is 1.32 bits per heavy atom. The summed E-state index contributed by atoms with van der Waals surface area (Å²) in [4.78, 5) is 10.9. The molecule has 0 aliphatic heterocycles. The van der Waals surface area contributed by atoms with Crippen LogP contribution in [-0.2, 0) is 4.79 Å². The number of hydrogen-bond donors (Lipinski definition) is 2. The zero-order chi connectivity index (χ0) is 14.4. The van der Waals surface area contributed by atoms with Crippen LogP contribution in [0.1, 0.15) is 31.9 Å². The van der Waals surface area contributed by atoms with Gasteiger partial charge < -0.3 is 14.6 Å². The van der Waals surface area contributed by atoms with Crippen molar-refractivity contribution in [3.05, 3.63) is 23.8 Å². The molecule has 0 fully saturated rings. The van der Waals surface area contributed by atoms with Crippen LogP contribution in [0.5, 0.6) is 11.5 Å². The minimum Gasteiger partial charge on any atom is -0.493 e. The maximum Gasteiger partial charge on any atom is 0.320 e.